The van der Waals surface area contributed by atoms with Crippen LogP contribution in [-0.4, -0.2) is 17.7 Å². The van der Waals surface area contributed by atoms with Gasteiger partial charge in [0.2, 0.25) is 0 Å². The quantitative estimate of drug-likeness (QED) is 0.524. The van der Waals surface area contributed by atoms with Crippen molar-refractivity contribution in [2.24, 2.45) is 11.8 Å². The normalized spacial score (nSPS) is 17.0. The fourth-order valence-electron chi connectivity index (χ4n) is 1.87. The molecule has 11 heavy (non-hydrogen) atoms. The van der Waals surface area contributed by atoms with Crippen LogP contribution in [0, 0.1) is 11.8 Å². The average Bonchev–Trinajstić information content (AvgIpc) is 2.05. The Morgan fingerprint density at radius 1 is 1.00 bits per heavy atom. The molecule has 0 saturated heterocycles. The van der Waals surface area contributed by atoms with Crippen molar-refractivity contribution < 1.29 is 0 Å². The predicted octanol–water partition coefficient (Wildman–Crippen LogP) is 3.43. The van der Waals surface area contributed by atoms with Crippen LogP contribution < -0.4 is 0 Å². The zero-order valence-electron chi connectivity index (χ0n) is 8.85. The van der Waals surface area contributed by atoms with E-state index in [1.807, 2.05) is 0 Å². The third-order valence-corrected chi connectivity index (χ3v) is 3.33. The summed E-state index contributed by atoms with van der Waals surface area (Å²) in [6.07, 6.45) is 4.03. The molecule has 0 aromatic rings. The summed E-state index contributed by atoms with van der Waals surface area (Å²) in [4.78, 5) is 0. The first-order chi connectivity index (χ1) is 5.17. The second-order valence-corrected chi connectivity index (χ2v) is 3.82. The molecule has 0 aliphatic rings. The summed E-state index contributed by atoms with van der Waals surface area (Å²) < 4.78 is 0.912. The molecule has 2 atom stereocenters. The van der Waals surface area contributed by atoms with Crippen molar-refractivity contribution in [3.63, 3.8) is 0 Å². The minimum atomic E-state index is 0.903. The first-order valence-electron chi connectivity index (χ1n) is 5.17. The Kier molecular flexibility index (Phi) is 6.49. The summed E-state index contributed by atoms with van der Waals surface area (Å²) in [6.45, 7) is 9.30. The van der Waals surface area contributed by atoms with Crippen molar-refractivity contribution in [3.8, 4) is 0 Å². The molecule has 0 radical (unpaired) electrons. The molecule has 0 aromatic carbocycles. The van der Waals surface area contributed by atoms with E-state index in [-0.39, 0.29) is 0 Å². The number of rotatable bonds is 5. The molecule has 0 saturated carbocycles. The molecule has 0 aliphatic carbocycles. The van der Waals surface area contributed by atoms with Gasteiger partial charge in [-0.2, -0.15) is 0 Å². The van der Waals surface area contributed by atoms with Crippen LogP contribution in [0.3, 0.4) is 0 Å². The summed E-state index contributed by atoms with van der Waals surface area (Å²) in [5.41, 5.74) is 0. The monoisotopic (exact) mass is 148 g/mol. The van der Waals surface area contributed by atoms with Crippen LogP contribution in [0.2, 0.25) is 4.59 Å². The molecule has 0 aliphatic heterocycles. The maximum absolute atomic E-state index is 2.41. The second kappa shape index (κ2) is 6.15. The Morgan fingerprint density at radius 2 is 1.45 bits per heavy atom. The van der Waals surface area contributed by atoms with E-state index in [4.69, 9.17) is 0 Å². The molecule has 1 heteroatoms. The zero-order chi connectivity index (χ0) is 8.85. The van der Waals surface area contributed by atoms with Gasteiger partial charge < -0.3 is 0 Å². The van der Waals surface area contributed by atoms with Gasteiger partial charge in [0.15, 0.2) is 0 Å². The van der Waals surface area contributed by atoms with E-state index in [2.05, 4.69) is 45.4 Å². The van der Waals surface area contributed by atoms with Gasteiger partial charge in [-0.25, -0.2) is 0 Å². The van der Waals surface area contributed by atoms with Gasteiger partial charge >= 0.3 is 81.1 Å². The van der Waals surface area contributed by atoms with Crippen molar-refractivity contribution >= 4 is 17.7 Å². The minimum absolute atomic E-state index is 0.903. The molecule has 0 rings (SSSR count). The molecular formula is C10H21Li. The molecule has 0 heterocycles. The molecule has 0 nitrogen and oxygen atoms in total. The fourth-order valence-corrected chi connectivity index (χ4v) is 1.87. The average molecular weight is 148 g/mol. The Hall–Kier alpha value is 0.597. The van der Waals surface area contributed by atoms with Gasteiger partial charge in [0, 0.05) is 0 Å². The molecule has 2 unspecified atom stereocenters. The van der Waals surface area contributed by atoms with Gasteiger partial charge in [0.1, 0.15) is 0 Å². The SMILES string of the molecule is [Li][CH](C(C)CC)C(CC)CC. The first-order valence-corrected chi connectivity index (χ1v) is 5.17. The maximum atomic E-state index is 2.41. The van der Waals surface area contributed by atoms with Crippen molar-refractivity contribution in [3.05, 3.63) is 0 Å². The Morgan fingerprint density at radius 3 is 1.73 bits per heavy atom. The summed E-state index contributed by atoms with van der Waals surface area (Å²) >= 11 is 2.41. The van der Waals surface area contributed by atoms with Crippen LogP contribution in [0.5, 0.6) is 0 Å². The van der Waals surface area contributed by atoms with Crippen molar-refractivity contribution in [1.82, 2.24) is 0 Å². The van der Waals surface area contributed by atoms with Crippen LogP contribution in [0.4, 0.5) is 0 Å². The molecule has 0 N–H and O–H groups in total. The Balaban J connectivity index is 3.86. The molecular weight excluding hydrogens is 127 g/mol. The van der Waals surface area contributed by atoms with Gasteiger partial charge in [0.05, 0.1) is 0 Å². The van der Waals surface area contributed by atoms with Gasteiger partial charge in [-0.15, -0.1) is 0 Å². The Bertz CT molecular complexity index is 86.9. The van der Waals surface area contributed by atoms with Crippen LogP contribution in [0.25, 0.3) is 0 Å². The summed E-state index contributed by atoms with van der Waals surface area (Å²) in [7, 11) is 0. The van der Waals surface area contributed by atoms with Crippen LogP contribution in [0.15, 0.2) is 0 Å². The van der Waals surface area contributed by atoms with E-state index >= 15 is 0 Å². The molecule has 0 bridgehead atoms. The molecule has 0 spiro atoms. The topological polar surface area (TPSA) is 0 Å². The van der Waals surface area contributed by atoms with Crippen LogP contribution >= 0.6 is 0 Å². The summed E-state index contributed by atoms with van der Waals surface area (Å²) in [5.74, 6) is 1.85. The van der Waals surface area contributed by atoms with Crippen molar-refractivity contribution in [1.29, 1.82) is 0 Å². The zero-order valence-corrected chi connectivity index (χ0v) is 8.85. The van der Waals surface area contributed by atoms with E-state index in [9.17, 15) is 0 Å². The van der Waals surface area contributed by atoms with E-state index in [0.29, 0.717) is 0 Å². The van der Waals surface area contributed by atoms with E-state index in [1.165, 1.54) is 19.3 Å². The number of hydrogen-bond donors (Lipinski definition) is 0. The van der Waals surface area contributed by atoms with Crippen molar-refractivity contribution in [2.45, 2.75) is 51.5 Å². The molecule has 62 valence electrons. The summed E-state index contributed by atoms with van der Waals surface area (Å²) in [6, 6.07) is 0. The third-order valence-electron chi connectivity index (χ3n) is 3.33. The third kappa shape index (κ3) is 3.68. The van der Waals surface area contributed by atoms with E-state index < -0.39 is 0 Å². The Labute approximate surface area is 81.3 Å². The molecule has 0 fully saturated rings. The van der Waals surface area contributed by atoms with Gasteiger partial charge in [-0.05, 0) is 0 Å². The summed E-state index contributed by atoms with van der Waals surface area (Å²) in [5, 5.41) is 0. The molecule has 0 aromatic heterocycles. The van der Waals surface area contributed by atoms with Crippen molar-refractivity contribution in [2.75, 3.05) is 0 Å². The van der Waals surface area contributed by atoms with E-state index in [0.717, 1.165) is 16.4 Å². The van der Waals surface area contributed by atoms with E-state index in [1.54, 1.807) is 0 Å². The fraction of sp³-hybridized carbons (Fsp3) is 1.00. The number of hydrogen-bond acceptors (Lipinski definition) is 0. The standard InChI is InChI=1S/C10H21.Li/c1-5-9(4)8-10(6-2)7-3;/h8-10H,5-7H2,1-4H3;. The van der Waals surface area contributed by atoms with Crippen LogP contribution in [0.1, 0.15) is 47.0 Å². The predicted molar refractivity (Wildman–Crippen MR) is 53.0 cm³/mol. The molecule has 0 amide bonds. The first kappa shape index (κ1) is 11.6. The van der Waals surface area contributed by atoms with Gasteiger partial charge in [-0.1, -0.05) is 0 Å². The van der Waals surface area contributed by atoms with Gasteiger partial charge in [0.25, 0.3) is 0 Å². The van der Waals surface area contributed by atoms with Gasteiger partial charge in [-0.3, -0.25) is 0 Å². The van der Waals surface area contributed by atoms with Crippen LogP contribution in [-0.2, 0) is 0 Å². The second-order valence-electron chi connectivity index (χ2n) is 3.82.